The fourth-order valence-electron chi connectivity index (χ4n) is 3.00. The molecule has 0 saturated carbocycles. The molecule has 2 heterocycles. The van der Waals surface area contributed by atoms with Crippen LogP contribution in [0.1, 0.15) is 17.7 Å². The molecule has 1 N–H and O–H groups in total. The van der Waals surface area contributed by atoms with Crippen molar-refractivity contribution in [2.24, 2.45) is 11.8 Å². The van der Waals surface area contributed by atoms with Crippen LogP contribution in [0.15, 0.2) is 29.7 Å². The van der Waals surface area contributed by atoms with Crippen molar-refractivity contribution >= 4 is 29.1 Å². The summed E-state index contributed by atoms with van der Waals surface area (Å²) in [6.07, 6.45) is 5.85. The average molecular weight is 318 g/mol. The van der Waals surface area contributed by atoms with Gasteiger partial charge in [-0.3, -0.25) is 19.3 Å². The van der Waals surface area contributed by atoms with E-state index < -0.39 is 0 Å². The number of rotatable bonds is 5. The lowest BCUT2D eigenvalue weighted by atomic mass is 9.85. The zero-order valence-electron chi connectivity index (χ0n) is 12.2. The summed E-state index contributed by atoms with van der Waals surface area (Å²) in [6.45, 7) is 0.360. The molecule has 116 valence electrons. The highest BCUT2D eigenvalue weighted by molar-refractivity contribution is 7.09. The van der Waals surface area contributed by atoms with E-state index in [-0.39, 0.29) is 36.1 Å². The third kappa shape index (κ3) is 2.97. The number of carbonyl (C=O) groups is 3. The lowest BCUT2D eigenvalue weighted by molar-refractivity contribution is -0.143. The third-order valence-electron chi connectivity index (χ3n) is 4.17. The molecule has 22 heavy (non-hydrogen) atoms. The molecular formula is C16H18N2O3S. The number of allylic oxidation sites excluding steroid dienone is 2. The summed E-state index contributed by atoms with van der Waals surface area (Å²) in [6, 6.07) is 3.99. The van der Waals surface area contributed by atoms with E-state index in [4.69, 9.17) is 0 Å². The van der Waals surface area contributed by atoms with E-state index in [1.54, 1.807) is 11.3 Å². The Balaban J connectivity index is 1.51. The summed E-state index contributed by atoms with van der Waals surface area (Å²) < 4.78 is 0. The molecule has 1 aliphatic carbocycles. The predicted octanol–water partition coefficient (Wildman–Crippen LogP) is 1.36. The van der Waals surface area contributed by atoms with Gasteiger partial charge < -0.3 is 5.32 Å². The number of imide groups is 1. The van der Waals surface area contributed by atoms with E-state index in [1.165, 1.54) is 4.88 Å². The van der Waals surface area contributed by atoms with Gasteiger partial charge in [-0.25, -0.2) is 0 Å². The highest BCUT2D eigenvalue weighted by Gasteiger charge is 2.47. The molecule has 1 aromatic heterocycles. The summed E-state index contributed by atoms with van der Waals surface area (Å²) in [7, 11) is 0. The zero-order valence-corrected chi connectivity index (χ0v) is 13.0. The molecular weight excluding hydrogens is 300 g/mol. The Hall–Kier alpha value is -1.95. The van der Waals surface area contributed by atoms with E-state index in [0.29, 0.717) is 19.4 Å². The first kappa shape index (κ1) is 15.0. The van der Waals surface area contributed by atoms with Gasteiger partial charge in [0.1, 0.15) is 6.54 Å². The topological polar surface area (TPSA) is 66.5 Å². The van der Waals surface area contributed by atoms with Gasteiger partial charge in [0.25, 0.3) is 0 Å². The molecule has 0 unspecified atom stereocenters. The van der Waals surface area contributed by atoms with Crippen LogP contribution >= 0.6 is 11.3 Å². The minimum absolute atomic E-state index is 0.158. The number of likely N-dealkylation sites (tertiary alicyclic amines) is 1. The molecule has 1 saturated heterocycles. The second-order valence-electron chi connectivity index (χ2n) is 5.60. The van der Waals surface area contributed by atoms with Crippen LogP contribution in [0.2, 0.25) is 0 Å². The van der Waals surface area contributed by atoms with E-state index in [1.807, 2.05) is 29.7 Å². The maximum absolute atomic E-state index is 12.2. The van der Waals surface area contributed by atoms with Crippen molar-refractivity contribution in [1.29, 1.82) is 0 Å². The Morgan fingerprint density at radius 2 is 1.91 bits per heavy atom. The van der Waals surface area contributed by atoms with Gasteiger partial charge in [-0.15, -0.1) is 11.3 Å². The SMILES string of the molecule is O=C(CN1C(=O)[C@@H]2CC=CC[C@H]2C1=O)NCCc1cccs1. The summed E-state index contributed by atoms with van der Waals surface area (Å²) in [4.78, 5) is 38.8. The van der Waals surface area contributed by atoms with Crippen LogP contribution in [0.5, 0.6) is 0 Å². The smallest absolute Gasteiger partial charge is 0.240 e. The second kappa shape index (κ2) is 6.44. The van der Waals surface area contributed by atoms with Gasteiger partial charge in [-0.05, 0) is 30.7 Å². The highest BCUT2D eigenvalue weighted by atomic mass is 32.1. The van der Waals surface area contributed by atoms with Gasteiger partial charge in [0, 0.05) is 11.4 Å². The van der Waals surface area contributed by atoms with Crippen LogP contribution in [0.4, 0.5) is 0 Å². The van der Waals surface area contributed by atoms with Crippen LogP contribution in [0.25, 0.3) is 0 Å². The van der Waals surface area contributed by atoms with Gasteiger partial charge in [0.15, 0.2) is 0 Å². The van der Waals surface area contributed by atoms with Gasteiger partial charge in [-0.1, -0.05) is 18.2 Å². The molecule has 3 amide bonds. The van der Waals surface area contributed by atoms with E-state index >= 15 is 0 Å². The molecule has 0 bridgehead atoms. The molecule has 3 rings (SSSR count). The molecule has 0 aromatic carbocycles. The van der Waals surface area contributed by atoms with Gasteiger partial charge >= 0.3 is 0 Å². The Kier molecular flexibility index (Phi) is 4.38. The van der Waals surface area contributed by atoms with Crippen molar-refractivity contribution < 1.29 is 14.4 Å². The number of hydrogen-bond acceptors (Lipinski definition) is 4. The molecule has 1 aromatic rings. The van der Waals surface area contributed by atoms with Crippen molar-refractivity contribution in [2.45, 2.75) is 19.3 Å². The summed E-state index contributed by atoms with van der Waals surface area (Å²) in [5.41, 5.74) is 0. The lowest BCUT2D eigenvalue weighted by Crippen LogP contribution is -2.41. The highest BCUT2D eigenvalue weighted by Crippen LogP contribution is 2.34. The summed E-state index contributed by atoms with van der Waals surface area (Å²) in [5, 5.41) is 4.77. The second-order valence-corrected chi connectivity index (χ2v) is 6.63. The van der Waals surface area contributed by atoms with Crippen LogP contribution in [0, 0.1) is 11.8 Å². The fraction of sp³-hybridized carbons (Fsp3) is 0.438. The number of carbonyl (C=O) groups excluding carboxylic acids is 3. The molecule has 1 aliphatic heterocycles. The first-order chi connectivity index (χ1) is 10.7. The minimum Gasteiger partial charge on any atom is -0.354 e. The van der Waals surface area contributed by atoms with Crippen LogP contribution in [-0.2, 0) is 20.8 Å². The minimum atomic E-state index is -0.273. The number of nitrogens with one attached hydrogen (secondary N) is 1. The van der Waals surface area contributed by atoms with E-state index in [2.05, 4.69) is 5.32 Å². The predicted molar refractivity (Wildman–Crippen MR) is 83.1 cm³/mol. The maximum atomic E-state index is 12.2. The van der Waals surface area contributed by atoms with Gasteiger partial charge in [0.05, 0.1) is 11.8 Å². The maximum Gasteiger partial charge on any atom is 0.240 e. The van der Waals surface area contributed by atoms with Crippen molar-refractivity contribution in [3.05, 3.63) is 34.5 Å². The molecule has 0 spiro atoms. The number of thiophene rings is 1. The quantitative estimate of drug-likeness (QED) is 0.658. The van der Waals surface area contributed by atoms with Crippen LogP contribution in [-0.4, -0.2) is 35.7 Å². The molecule has 1 fully saturated rings. The largest absolute Gasteiger partial charge is 0.354 e. The van der Waals surface area contributed by atoms with E-state index in [9.17, 15) is 14.4 Å². The lowest BCUT2D eigenvalue weighted by Gasteiger charge is -2.14. The zero-order chi connectivity index (χ0) is 15.5. The van der Waals surface area contributed by atoms with Crippen molar-refractivity contribution in [3.8, 4) is 0 Å². The Morgan fingerprint density at radius 3 is 2.50 bits per heavy atom. The number of hydrogen-bond donors (Lipinski definition) is 1. The monoisotopic (exact) mass is 318 g/mol. The normalized spacial score (nSPS) is 23.7. The Bertz CT molecular complexity index is 583. The van der Waals surface area contributed by atoms with Crippen molar-refractivity contribution in [1.82, 2.24) is 10.2 Å². The van der Waals surface area contributed by atoms with E-state index in [0.717, 1.165) is 11.3 Å². The molecule has 0 radical (unpaired) electrons. The number of nitrogens with zero attached hydrogens (tertiary/aromatic N) is 1. The fourth-order valence-corrected chi connectivity index (χ4v) is 3.71. The number of amides is 3. The first-order valence-electron chi connectivity index (χ1n) is 7.46. The molecule has 6 heteroatoms. The average Bonchev–Trinajstić information content (AvgIpc) is 3.11. The standard InChI is InChI=1S/C16H18N2O3S/c19-14(17-8-7-11-4-3-9-22-11)10-18-15(20)12-5-1-2-6-13(12)16(18)21/h1-4,9,12-13H,5-8,10H2,(H,17,19)/t12-,13-/m1/s1. The first-order valence-corrected chi connectivity index (χ1v) is 8.34. The Labute approximate surface area is 133 Å². The summed E-state index contributed by atoms with van der Waals surface area (Å²) >= 11 is 1.64. The summed E-state index contributed by atoms with van der Waals surface area (Å²) in [5.74, 6) is -1.21. The molecule has 2 aliphatic rings. The van der Waals surface area contributed by atoms with Gasteiger partial charge in [-0.2, -0.15) is 0 Å². The molecule has 5 nitrogen and oxygen atoms in total. The van der Waals surface area contributed by atoms with Crippen LogP contribution < -0.4 is 5.32 Å². The van der Waals surface area contributed by atoms with Crippen molar-refractivity contribution in [2.75, 3.05) is 13.1 Å². The third-order valence-corrected chi connectivity index (χ3v) is 5.11. The molecule has 2 atom stereocenters. The Morgan fingerprint density at radius 1 is 1.23 bits per heavy atom. The number of fused-ring (bicyclic) bond motifs is 1. The van der Waals surface area contributed by atoms with Gasteiger partial charge in [0.2, 0.25) is 17.7 Å². The van der Waals surface area contributed by atoms with Crippen LogP contribution in [0.3, 0.4) is 0 Å². The van der Waals surface area contributed by atoms with Crippen molar-refractivity contribution in [3.63, 3.8) is 0 Å².